The summed E-state index contributed by atoms with van der Waals surface area (Å²) in [5.41, 5.74) is 1.01. The van der Waals surface area contributed by atoms with Crippen molar-refractivity contribution in [2.24, 2.45) is 0 Å². The van der Waals surface area contributed by atoms with E-state index in [-0.39, 0.29) is 18.9 Å². The standard InChI is InChI=1S/C13H11ClN2O3/c14-10-3-1-2-8-6-9(7-16-12(8)10)13(19)15-5-4-11(17)18/h1-3,6-7H,4-5H2,(H,15,19)(H,17,18). The highest BCUT2D eigenvalue weighted by Crippen LogP contribution is 2.21. The van der Waals surface area contributed by atoms with E-state index in [1.165, 1.54) is 6.20 Å². The first kappa shape index (κ1) is 13.3. The molecule has 2 N–H and O–H groups in total. The summed E-state index contributed by atoms with van der Waals surface area (Å²) in [5, 5.41) is 12.3. The Morgan fingerprint density at radius 1 is 1.37 bits per heavy atom. The van der Waals surface area contributed by atoms with Gasteiger partial charge in [0.15, 0.2) is 0 Å². The second kappa shape index (κ2) is 5.67. The van der Waals surface area contributed by atoms with Gasteiger partial charge in [0.25, 0.3) is 5.91 Å². The number of aliphatic carboxylic acids is 1. The molecule has 5 nitrogen and oxygen atoms in total. The number of carboxylic acids is 1. The molecule has 0 bridgehead atoms. The highest BCUT2D eigenvalue weighted by atomic mass is 35.5. The molecule has 0 atom stereocenters. The van der Waals surface area contributed by atoms with E-state index in [2.05, 4.69) is 10.3 Å². The van der Waals surface area contributed by atoms with E-state index in [4.69, 9.17) is 16.7 Å². The number of halogens is 1. The van der Waals surface area contributed by atoms with E-state index in [9.17, 15) is 9.59 Å². The van der Waals surface area contributed by atoms with Gasteiger partial charge in [-0.1, -0.05) is 23.7 Å². The van der Waals surface area contributed by atoms with Gasteiger partial charge in [0.05, 0.1) is 22.5 Å². The Morgan fingerprint density at radius 2 is 2.16 bits per heavy atom. The van der Waals surface area contributed by atoms with Crippen molar-refractivity contribution in [3.8, 4) is 0 Å². The minimum atomic E-state index is -0.955. The molecule has 1 amide bonds. The van der Waals surface area contributed by atoms with Gasteiger partial charge in [-0.25, -0.2) is 0 Å². The smallest absolute Gasteiger partial charge is 0.305 e. The molecule has 0 aliphatic rings. The molecular weight excluding hydrogens is 268 g/mol. The normalized spacial score (nSPS) is 10.4. The zero-order valence-corrected chi connectivity index (χ0v) is 10.6. The summed E-state index contributed by atoms with van der Waals surface area (Å²) in [7, 11) is 0. The predicted octanol–water partition coefficient (Wildman–Crippen LogP) is 2.09. The monoisotopic (exact) mass is 278 g/mol. The number of hydrogen-bond donors (Lipinski definition) is 2. The zero-order chi connectivity index (χ0) is 13.8. The Hall–Kier alpha value is -2.14. The summed E-state index contributed by atoms with van der Waals surface area (Å²) >= 11 is 5.98. The van der Waals surface area contributed by atoms with Crippen LogP contribution in [-0.2, 0) is 4.79 Å². The molecule has 1 heterocycles. The molecule has 6 heteroatoms. The maximum atomic E-state index is 11.8. The SMILES string of the molecule is O=C(O)CCNC(=O)c1cnc2c(Cl)cccc2c1. The van der Waals surface area contributed by atoms with Crippen LogP contribution in [0.1, 0.15) is 16.8 Å². The highest BCUT2D eigenvalue weighted by molar-refractivity contribution is 6.35. The largest absolute Gasteiger partial charge is 0.481 e. The Bertz CT molecular complexity index is 643. The van der Waals surface area contributed by atoms with Crippen LogP contribution < -0.4 is 5.32 Å². The van der Waals surface area contributed by atoms with Gasteiger partial charge < -0.3 is 10.4 Å². The van der Waals surface area contributed by atoms with Crippen LogP contribution in [0.2, 0.25) is 5.02 Å². The van der Waals surface area contributed by atoms with Crippen molar-refractivity contribution < 1.29 is 14.7 Å². The van der Waals surface area contributed by atoms with E-state index < -0.39 is 5.97 Å². The van der Waals surface area contributed by atoms with Gasteiger partial charge in [0.1, 0.15) is 0 Å². The second-order valence-corrected chi connectivity index (χ2v) is 4.34. The molecule has 0 aliphatic carbocycles. The summed E-state index contributed by atoms with van der Waals surface area (Å²) < 4.78 is 0. The van der Waals surface area contributed by atoms with Crippen LogP contribution in [0.4, 0.5) is 0 Å². The van der Waals surface area contributed by atoms with Crippen molar-refractivity contribution in [2.45, 2.75) is 6.42 Å². The fourth-order valence-electron chi connectivity index (χ4n) is 1.63. The van der Waals surface area contributed by atoms with Crippen LogP contribution in [0.25, 0.3) is 10.9 Å². The molecule has 2 aromatic rings. The number of carboxylic acid groups (broad SMARTS) is 1. The number of carbonyl (C=O) groups excluding carboxylic acids is 1. The number of carbonyl (C=O) groups is 2. The molecule has 0 unspecified atom stereocenters. The number of hydrogen-bond acceptors (Lipinski definition) is 3. The number of nitrogens with one attached hydrogen (secondary N) is 1. The highest BCUT2D eigenvalue weighted by Gasteiger charge is 2.08. The fourth-order valence-corrected chi connectivity index (χ4v) is 1.86. The number of aromatic nitrogens is 1. The van der Waals surface area contributed by atoms with Crippen molar-refractivity contribution in [1.82, 2.24) is 10.3 Å². The van der Waals surface area contributed by atoms with E-state index in [1.807, 2.05) is 6.07 Å². The van der Waals surface area contributed by atoms with Crippen LogP contribution in [0, 0.1) is 0 Å². The van der Waals surface area contributed by atoms with Crippen LogP contribution in [0.3, 0.4) is 0 Å². The van der Waals surface area contributed by atoms with Crippen molar-refractivity contribution in [1.29, 1.82) is 0 Å². The van der Waals surface area contributed by atoms with Crippen LogP contribution in [0.5, 0.6) is 0 Å². The van der Waals surface area contributed by atoms with Crippen LogP contribution in [0.15, 0.2) is 30.5 Å². The second-order valence-electron chi connectivity index (χ2n) is 3.94. The van der Waals surface area contributed by atoms with Crippen LogP contribution in [-0.4, -0.2) is 28.5 Å². The lowest BCUT2D eigenvalue weighted by Gasteiger charge is -2.05. The molecule has 98 valence electrons. The summed E-state index contributed by atoms with van der Waals surface area (Å²) in [6.07, 6.45) is 1.31. The van der Waals surface area contributed by atoms with Gasteiger partial charge in [-0.2, -0.15) is 0 Å². The number of amides is 1. The van der Waals surface area contributed by atoms with E-state index in [0.29, 0.717) is 16.1 Å². The Kier molecular flexibility index (Phi) is 3.97. The molecule has 1 aromatic carbocycles. The average molecular weight is 279 g/mol. The molecule has 0 spiro atoms. The third-order valence-corrected chi connectivity index (χ3v) is 2.85. The number of fused-ring (bicyclic) bond motifs is 1. The van der Waals surface area contributed by atoms with Crippen molar-refractivity contribution in [2.75, 3.05) is 6.54 Å². The number of benzene rings is 1. The van der Waals surface area contributed by atoms with Gasteiger partial charge in [-0.05, 0) is 12.1 Å². The molecule has 2 rings (SSSR count). The lowest BCUT2D eigenvalue weighted by atomic mass is 10.1. The first-order chi connectivity index (χ1) is 9.08. The van der Waals surface area contributed by atoms with Crippen molar-refractivity contribution in [3.05, 3.63) is 41.0 Å². The average Bonchev–Trinajstić information content (AvgIpc) is 2.38. The molecule has 0 radical (unpaired) electrons. The minimum absolute atomic E-state index is 0.0851. The van der Waals surface area contributed by atoms with Crippen molar-refractivity contribution >= 4 is 34.4 Å². The van der Waals surface area contributed by atoms with E-state index in [1.54, 1.807) is 18.2 Å². The summed E-state index contributed by atoms with van der Waals surface area (Å²) in [5.74, 6) is -1.31. The lowest BCUT2D eigenvalue weighted by molar-refractivity contribution is -0.136. The summed E-state index contributed by atoms with van der Waals surface area (Å²) in [6, 6.07) is 6.98. The molecule has 0 aliphatic heterocycles. The number of rotatable bonds is 4. The Labute approximate surface area is 114 Å². The topological polar surface area (TPSA) is 79.3 Å². The maximum absolute atomic E-state index is 11.8. The van der Waals surface area contributed by atoms with Crippen molar-refractivity contribution in [3.63, 3.8) is 0 Å². The minimum Gasteiger partial charge on any atom is -0.481 e. The Morgan fingerprint density at radius 3 is 2.89 bits per heavy atom. The first-order valence-corrected chi connectivity index (χ1v) is 6.00. The van der Waals surface area contributed by atoms with Gasteiger partial charge in [0, 0.05) is 18.1 Å². The first-order valence-electron chi connectivity index (χ1n) is 5.62. The number of pyridine rings is 1. The van der Waals surface area contributed by atoms with Gasteiger partial charge >= 0.3 is 5.97 Å². The number of para-hydroxylation sites is 1. The molecule has 19 heavy (non-hydrogen) atoms. The maximum Gasteiger partial charge on any atom is 0.305 e. The van der Waals surface area contributed by atoms with Gasteiger partial charge in [-0.3, -0.25) is 14.6 Å². The molecule has 0 saturated carbocycles. The van der Waals surface area contributed by atoms with Gasteiger partial charge in [-0.15, -0.1) is 0 Å². The van der Waals surface area contributed by atoms with Gasteiger partial charge in [0.2, 0.25) is 0 Å². The molecule has 0 saturated heterocycles. The summed E-state index contributed by atoms with van der Waals surface area (Å²) in [6.45, 7) is 0.0851. The van der Waals surface area contributed by atoms with E-state index in [0.717, 1.165) is 5.39 Å². The number of nitrogens with zero attached hydrogens (tertiary/aromatic N) is 1. The summed E-state index contributed by atoms with van der Waals surface area (Å²) in [4.78, 5) is 26.3. The fraction of sp³-hybridized carbons (Fsp3) is 0.154. The van der Waals surface area contributed by atoms with E-state index >= 15 is 0 Å². The van der Waals surface area contributed by atoms with Crippen LogP contribution >= 0.6 is 11.6 Å². The zero-order valence-electron chi connectivity index (χ0n) is 9.89. The molecular formula is C13H11ClN2O3. The molecule has 0 fully saturated rings. The quantitative estimate of drug-likeness (QED) is 0.897. The third kappa shape index (κ3) is 3.20. The third-order valence-electron chi connectivity index (χ3n) is 2.55. The lowest BCUT2D eigenvalue weighted by Crippen LogP contribution is -2.26. The molecule has 1 aromatic heterocycles. The Balaban J connectivity index is 2.17. The predicted molar refractivity (Wildman–Crippen MR) is 71.3 cm³/mol.